The van der Waals surface area contributed by atoms with Gasteiger partial charge in [0.15, 0.2) is 6.10 Å². The molecular weight excluding hydrogens is 480 g/mol. The van der Waals surface area contributed by atoms with Crippen LogP contribution in [0.25, 0.3) is 0 Å². The summed E-state index contributed by atoms with van der Waals surface area (Å²) in [7, 11) is 0. The molecule has 3 atom stereocenters. The summed E-state index contributed by atoms with van der Waals surface area (Å²) in [5.74, 6) is -1.21. The Morgan fingerprint density at radius 3 is 2.03 bits per heavy atom. The molecule has 2 aliphatic heterocycles. The molecule has 2 aliphatic rings. The molecular formula is C27H25BrN2O3. The molecule has 5 rings (SSSR count). The molecule has 0 N–H and O–H groups in total. The summed E-state index contributed by atoms with van der Waals surface area (Å²) in [6, 6.07) is 24.7. The lowest BCUT2D eigenvalue weighted by molar-refractivity contribution is -0.126. The molecule has 3 aromatic carbocycles. The number of hydroxylamine groups is 1. The highest BCUT2D eigenvalue weighted by Crippen LogP contribution is 2.47. The summed E-state index contributed by atoms with van der Waals surface area (Å²) in [4.78, 5) is 34.5. The Bertz CT molecular complexity index is 1190. The van der Waals surface area contributed by atoms with Gasteiger partial charge in [0, 0.05) is 4.47 Å². The number of carbonyl (C=O) groups is 2. The topological polar surface area (TPSA) is 49.9 Å². The fraction of sp³-hybridized carbons (Fsp3) is 0.259. The van der Waals surface area contributed by atoms with Crippen LogP contribution in [0.4, 0.5) is 11.4 Å². The Morgan fingerprint density at radius 2 is 1.42 bits per heavy atom. The maximum Gasteiger partial charge on any atom is 0.266 e. The smallest absolute Gasteiger partial charge is 0.266 e. The molecule has 33 heavy (non-hydrogen) atoms. The lowest BCUT2D eigenvalue weighted by atomic mass is 9.84. The number of anilines is 2. The molecule has 0 radical (unpaired) electrons. The van der Waals surface area contributed by atoms with E-state index in [1.165, 1.54) is 10.5 Å². The fourth-order valence-corrected chi connectivity index (χ4v) is 4.84. The van der Waals surface area contributed by atoms with Gasteiger partial charge in [0.05, 0.1) is 17.4 Å². The van der Waals surface area contributed by atoms with Crippen molar-refractivity contribution in [3.63, 3.8) is 0 Å². The molecule has 2 amide bonds. The Hall–Kier alpha value is -2.96. The predicted molar refractivity (Wildman–Crippen MR) is 132 cm³/mol. The molecule has 0 spiro atoms. The van der Waals surface area contributed by atoms with Gasteiger partial charge in [-0.2, -0.15) is 0 Å². The number of benzene rings is 3. The second-order valence-electron chi connectivity index (χ2n) is 9.52. The highest BCUT2D eigenvalue weighted by molar-refractivity contribution is 9.10. The van der Waals surface area contributed by atoms with E-state index in [0.717, 1.165) is 15.7 Å². The number of amides is 2. The van der Waals surface area contributed by atoms with Crippen molar-refractivity contribution < 1.29 is 14.4 Å². The normalized spacial score (nSPS) is 22.7. The van der Waals surface area contributed by atoms with Crippen molar-refractivity contribution in [3.05, 3.63) is 94.5 Å². The zero-order valence-corrected chi connectivity index (χ0v) is 20.3. The molecule has 0 bridgehead atoms. The molecule has 2 saturated heterocycles. The zero-order chi connectivity index (χ0) is 23.3. The molecule has 3 aromatic rings. The molecule has 2 heterocycles. The van der Waals surface area contributed by atoms with E-state index >= 15 is 0 Å². The van der Waals surface area contributed by atoms with Crippen molar-refractivity contribution in [1.29, 1.82) is 0 Å². The molecule has 0 aromatic heterocycles. The third kappa shape index (κ3) is 3.77. The standard InChI is InChI=1S/C27H25BrN2O3/c1-27(2,3)18-11-9-17(10-12-18)23-22-24(33-30(23)21-7-5-4-6-8-21)26(32)29(25(22)31)20-15-13-19(28)14-16-20/h4-16,22-24H,1-3H3/t22-,23-,24+/m0/s1. The molecule has 6 heteroatoms. The first-order valence-electron chi connectivity index (χ1n) is 11.0. The van der Waals surface area contributed by atoms with Gasteiger partial charge in [-0.3, -0.25) is 14.4 Å². The first kappa shape index (κ1) is 21.9. The van der Waals surface area contributed by atoms with Gasteiger partial charge in [0.25, 0.3) is 5.91 Å². The first-order valence-corrected chi connectivity index (χ1v) is 11.8. The second kappa shape index (κ2) is 8.12. The number of hydrogen-bond acceptors (Lipinski definition) is 4. The summed E-state index contributed by atoms with van der Waals surface area (Å²) in [5, 5.41) is 1.73. The largest absolute Gasteiger partial charge is 0.273 e. The van der Waals surface area contributed by atoms with Gasteiger partial charge in [-0.05, 0) is 52.9 Å². The maximum atomic E-state index is 13.7. The van der Waals surface area contributed by atoms with E-state index in [9.17, 15) is 9.59 Å². The Labute approximate surface area is 202 Å². The van der Waals surface area contributed by atoms with Crippen LogP contribution in [0.1, 0.15) is 37.9 Å². The Kier molecular flexibility index (Phi) is 5.38. The van der Waals surface area contributed by atoms with Crippen LogP contribution < -0.4 is 9.96 Å². The van der Waals surface area contributed by atoms with E-state index in [4.69, 9.17) is 4.84 Å². The highest BCUT2D eigenvalue weighted by Gasteiger charge is 2.60. The van der Waals surface area contributed by atoms with Gasteiger partial charge >= 0.3 is 0 Å². The Balaban J connectivity index is 1.57. The lowest BCUT2D eigenvalue weighted by Crippen LogP contribution is -2.37. The van der Waals surface area contributed by atoms with Gasteiger partial charge in [-0.1, -0.05) is 79.2 Å². The number of nitrogens with zero attached hydrogens (tertiary/aromatic N) is 2. The molecule has 2 fully saturated rings. The quantitative estimate of drug-likeness (QED) is 0.423. The third-order valence-electron chi connectivity index (χ3n) is 6.33. The number of imide groups is 1. The summed E-state index contributed by atoms with van der Waals surface area (Å²) in [5.41, 5.74) is 3.53. The minimum absolute atomic E-state index is 0.0177. The van der Waals surface area contributed by atoms with E-state index in [-0.39, 0.29) is 17.2 Å². The number of hydrogen-bond donors (Lipinski definition) is 0. The van der Waals surface area contributed by atoms with Crippen molar-refractivity contribution in [2.24, 2.45) is 5.92 Å². The maximum absolute atomic E-state index is 13.7. The number of rotatable bonds is 3. The summed E-state index contributed by atoms with van der Waals surface area (Å²) in [6.07, 6.45) is -0.867. The SMILES string of the molecule is CC(C)(C)c1ccc([C@H]2[C@@H]3C(=O)N(c4ccc(Br)cc4)C(=O)[C@@H]3ON2c2ccccc2)cc1. The average molecular weight is 505 g/mol. The van der Waals surface area contributed by atoms with Crippen LogP contribution in [0, 0.1) is 5.92 Å². The van der Waals surface area contributed by atoms with Crippen LogP contribution in [-0.2, 0) is 19.8 Å². The summed E-state index contributed by atoms with van der Waals surface area (Å²) >= 11 is 3.41. The van der Waals surface area contributed by atoms with E-state index < -0.39 is 18.1 Å². The van der Waals surface area contributed by atoms with Gasteiger partial charge < -0.3 is 0 Å². The average Bonchev–Trinajstić information content (AvgIpc) is 3.31. The molecule has 0 aliphatic carbocycles. The van der Waals surface area contributed by atoms with E-state index in [2.05, 4.69) is 48.8 Å². The van der Waals surface area contributed by atoms with Gasteiger partial charge in [-0.25, -0.2) is 9.96 Å². The van der Waals surface area contributed by atoms with Crippen molar-refractivity contribution in [1.82, 2.24) is 0 Å². The molecule has 0 unspecified atom stereocenters. The van der Waals surface area contributed by atoms with Gasteiger partial charge in [-0.15, -0.1) is 0 Å². The fourth-order valence-electron chi connectivity index (χ4n) is 4.58. The van der Waals surface area contributed by atoms with Crippen molar-refractivity contribution >= 4 is 39.1 Å². The van der Waals surface area contributed by atoms with Gasteiger partial charge in [0.2, 0.25) is 5.91 Å². The van der Waals surface area contributed by atoms with E-state index in [0.29, 0.717) is 5.69 Å². The lowest BCUT2D eigenvalue weighted by Gasteiger charge is -2.29. The minimum atomic E-state index is -0.867. The summed E-state index contributed by atoms with van der Waals surface area (Å²) in [6.45, 7) is 6.51. The van der Waals surface area contributed by atoms with Gasteiger partial charge in [0.1, 0.15) is 5.92 Å². The first-order chi connectivity index (χ1) is 15.8. The monoisotopic (exact) mass is 504 g/mol. The van der Waals surface area contributed by atoms with Crippen LogP contribution in [0.3, 0.4) is 0 Å². The van der Waals surface area contributed by atoms with Crippen molar-refractivity contribution in [3.8, 4) is 0 Å². The second-order valence-corrected chi connectivity index (χ2v) is 10.4. The van der Waals surface area contributed by atoms with Crippen LogP contribution in [0.5, 0.6) is 0 Å². The Morgan fingerprint density at radius 1 is 0.788 bits per heavy atom. The third-order valence-corrected chi connectivity index (χ3v) is 6.86. The minimum Gasteiger partial charge on any atom is -0.273 e. The number of para-hydroxylation sites is 1. The van der Waals surface area contributed by atoms with Crippen molar-refractivity contribution in [2.75, 3.05) is 9.96 Å². The van der Waals surface area contributed by atoms with Crippen molar-refractivity contribution in [2.45, 2.75) is 38.3 Å². The van der Waals surface area contributed by atoms with Crippen LogP contribution in [-0.4, -0.2) is 17.9 Å². The van der Waals surface area contributed by atoms with Crippen LogP contribution in [0.2, 0.25) is 0 Å². The number of carbonyl (C=O) groups excluding carboxylic acids is 2. The highest BCUT2D eigenvalue weighted by atomic mass is 79.9. The molecule has 0 saturated carbocycles. The predicted octanol–water partition coefficient (Wildman–Crippen LogP) is 5.80. The van der Waals surface area contributed by atoms with E-state index in [1.54, 1.807) is 17.2 Å². The molecule has 5 nitrogen and oxygen atoms in total. The van der Waals surface area contributed by atoms with Crippen LogP contribution in [0.15, 0.2) is 83.3 Å². The summed E-state index contributed by atoms with van der Waals surface area (Å²) < 4.78 is 0.883. The van der Waals surface area contributed by atoms with E-state index in [1.807, 2.05) is 54.6 Å². The molecule has 168 valence electrons. The number of fused-ring (bicyclic) bond motifs is 1. The van der Waals surface area contributed by atoms with Crippen LogP contribution >= 0.6 is 15.9 Å². The zero-order valence-electron chi connectivity index (χ0n) is 18.7. The number of halogens is 1.